The average Bonchev–Trinajstić information content (AvgIpc) is 2.01. The molecule has 0 aromatic carbocycles. The maximum atomic E-state index is 11.6. The van der Waals surface area contributed by atoms with Gasteiger partial charge in [-0.2, -0.15) is 0 Å². The van der Waals surface area contributed by atoms with Gasteiger partial charge in [0, 0.05) is 13.1 Å². The summed E-state index contributed by atoms with van der Waals surface area (Å²) >= 11 is 3.28. The Balaban J connectivity index is 2.55. The fourth-order valence-electron chi connectivity index (χ4n) is 1.61. The largest absolute Gasteiger partial charge is 0.372 e. The predicted molar refractivity (Wildman–Crippen MR) is 55.0 cm³/mol. The van der Waals surface area contributed by atoms with Crippen LogP contribution in [0.1, 0.15) is 20.8 Å². The summed E-state index contributed by atoms with van der Waals surface area (Å²) in [7, 11) is 0. The Bertz CT molecular complexity index is 186. The van der Waals surface area contributed by atoms with Crippen LogP contribution in [0.4, 0.5) is 0 Å². The fourth-order valence-corrected chi connectivity index (χ4v) is 1.90. The molecule has 0 saturated carbocycles. The van der Waals surface area contributed by atoms with Gasteiger partial charge in [0.15, 0.2) is 0 Å². The SMILES string of the molecule is CC(Br)C(=O)N1C[C@@H](C)O[C@@H](C)C1. The number of morpholine rings is 1. The first kappa shape index (κ1) is 11.0. The van der Waals surface area contributed by atoms with Crippen LogP contribution in [0, 0.1) is 0 Å². The van der Waals surface area contributed by atoms with Crippen LogP contribution in [0.2, 0.25) is 0 Å². The number of carbonyl (C=O) groups excluding carboxylic acids is 1. The molecule has 1 unspecified atom stereocenters. The second-order valence-corrected chi connectivity index (χ2v) is 4.99. The van der Waals surface area contributed by atoms with E-state index < -0.39 is 0 Å². The lowest BCUT2D eigenvalue weighted by atomic mass is 10.2. The van der Waals surface area contributed by atoms with E-state index in [9.17, 15) is 4.79 Å². The summed E-state index contributed by atoms with van der Waals surface area (Å²) in [5.41, 5.74) is 0. The predicted octanol–water partition coefficient (Wildman–Crippen LogP) is 1.41. The van der Waals surface area contributed by atoms with Gasteiger partial charge in [-0.25, -0.2) is 0 Å². The van der Waals surface area contributed by atoms with Gasteiger partial charge in [0.25, 0.3) is 0 Å². The van der Waals surface area contributed by atoms with Crippen LogP contribution in [0.3, 0.4) is 0 Å². The van der Waals surface area contributed by atoms with Gasteiger partial charge in [0.2, 0.25) is 5.91 Å². The zero-order valence-corrected chi connectivity index (χ0v) is 9.87. The highest BCUT2D eigenvalue weighted by atomic mass is 79.9. The number of hydrogen-bond acceptors (Lipinski definition) is 2. The molecule has 0 bridgehead atoms. The number of halogens is 1. The molecule has 1 heterocycles. The highest BCUT2D eigenvalue weighted by molar-refractivity contribution is 9.10. The van der Waals surface area contributed by atoms with E-state index in [2.05, 4.69) is 15.9 Å². The van der Waals surface area contributed by atoms with Crippen molar-refractivity contribution in [2.75, 3.05) is 13.1 Å². The molecular weight excluding hydrogens is 234 g/mol. The number of amides is 1. The molecule has 1 fully saturated rings. The third kappa shape index (κ3) is 2.95. The van der Waals surface area contributed by atoms with Gasteiger partial charge < -0.3 is 9.64 Å². The fraction of sp³-hybridized carbons (Fsp3) is 0.889. The van der Waals surface area contributed by atoms with E-state index >= 15 is 0 Å². The zero-order chi connectivity index (χ0) is 10.0. The molecule has 0 N–H and O–H groups in total. The first-order chi connectivity index (χ1) is 6.00. The number of alkyl halides is 1. The van der Waals surface area contributed by atoms with E-state index in [0.717, 1.165) is 0 Å². The third-order valence-electron chi connectivity index (χ3n) is 2.07. The monoisotopic (exact) mass is 249 g/mol. The van der Waals surface area contributed by atoms with Gasteiger partial charge in [-0.15, -0.1) is 0 Å². The summed E-state index contributed by atoms with van der Waals surface area (Å²) in [4.78, 5) is 13.4. The molecule has 1 aliphatic heterocycles. The maximum absolute atomic E-state index is 11.6. The number of carbonyl (C=O) groups is 1. The second-order valence-electron chi connectivity index (χ2n) is 3.62. The van der Waals surface area contributed by atoms with Crippen LogP contribution in [-0.2, 0) is 9.53 Å². The highest BCUT2D eigenvalue weighted by Gasteiger charge is 2.27. The molecule has 0 spiro atoms. The Morgan fingerprint density at radius 2 is 1.92 bits per heavy atom. The Labute approximate surface area is 87.6 Å². The van der Waals surface area contributed by atoms with Gasteiger partial charge in [-0.05, 0) is 20.8 Å². The molecule has 0 radical (unpaired) electrons. The average molecular weight is 250 g/mol. The standard InChI is InChI=1S/C9H16BrNO2/c1-6-4-11(5-7(2)13-6)9(12)8(3)10/h6-8H,4-5H2,1-3H3/t6-,7+,8?. The lowest BCUT2D eigenvalue weighted by molar-refractivity contribution is -0.142. The van der Waals surface area contributed by atoms with E-state index in [-0.39, 0.29) is 22.9 Å². The number of rotatable bonds is 1. The van der Waals surface area contributed by atoms with Crippen LogP contribution >= 0.6 is 15.9 Å². The molecule has 0 aliphatic carbocycles. The molecule has 1 aliphatic rings. The van der Waals surface area contributed by atoms with Crippen molar-refractivity contribution < 1.29 is 9.53 Å². The minimum atomic E-state index is -0.0926. The zero-order valence-electron chi connectivity index (χ0n) is 8.29. The Hall–Kier alpha value is -0.0900. The minimum Gasteiger partial charge on any atom is -0.372 e. The summed E-state index contributed by atoms with van der Waals surface area (Å²) in [6, 6.07) is 0. The van der Waals surface area contributed by atoms with Crippen LogP contribution in [0.15, 0.2) is 0 Å². The first-order valence-corrected chi connectivity index (χ1v) is 5.50. The van der Waals surface area contributed by atoms with Gasteiger partial charge in [0.1, 0.15) is 0 Å². The Morgan fingerprint density at radius 1 is 1.46 bits per heavy atom. The summed E-state index contributed by atoms with van der Waals surface area (Å²) in [6.45, 7) is 7.26. The van der Waals surface area contributed by atoms with Gasteiger partial charge in [-0.3, -0.25) is 4.79 Å². The van der Waals surface area contributed by atoms with E-state index in [1.165, 1.54) is 0 Å². The lowest BCUT2D eigenvalue weighted by Crippen LogP contribution is -2.49. The summed E-state index contributed by atoms with van der Waals surface area (Å²) in [5, 5.41) is 0. The van der Waals surface area contributed by atoms with Crippen LogP contribution in [0.5, 0.6) is 0 Å². The minimum absolute atomic E-state index is 0.0926. The van der Waals surface area contributed by atoms with Crippen LogP contribution in [0.25, 0.3) is 0 Å². The molecule has 76 valence electrons. The summed E-state index contributed by atoms with van der Waals surface area (Å²) in [6.07, 6.45) is 0.304. The Kier molecular flexibility index (Phi) is 3.74. The molecule has 0 aromatic rings. The topological polar surface area (TPSA) is 29.5 Å². The second kappa shape index (κ2) is 4.42. The van der Waals surface area contributed by atoms with Crippen molar-refractivity contribution in [3.05, 3.63) is 0 Å². The van der Waals surface area contributed by atoms with Crippen molar-refractivity contribution in [3.8, 4) is 0 Å². The third-order valence-corrected chi connectivity index (χ3v) is 2.46. The van der Waals surface area contributed by atoms with Crippen LogP contribution in [-0.4, -0.2) is 40.9 Å². The van der Waals surface area contributed by atoms with Gasteiger partial charge >= 0.3 is 0 Å². The van der Waals surface area contributed by atoms with Crippen LogP contribution < -0.4 is 0 Å². The molecule has 1 amide bonds. The Morgan fingerprint density at radius 3 is 2.31 bits per heavy atom. The number of nitrogens with zero attached hydrogens (tertiary/aromatic N) is 1. The van der Waals surface area contributed by atoms with Crippen molar-refractivity contribution >= 4 is 21.8 Å². The van der Waals surface area contributed by atoms with E-state index in [1.807, 2.05) is 25.7 Å². The smallest absolute Gasteiger partial charge is 0.236 e. The van der Waals surface area contributed by atoms with Crippen molar-refractivity contribution in [3.63, 3.8) is 0 Å². The van der Waals surface area contributed by atoms with Crippen molar-refractivity contribution in [1.82, 2.24) is 4.90 Å². The molecule has 3 atom stereocenters. The molecule has 1 saturated heterocycles. The number of ether oxygens (including phenoxy) is 1. The number of hydrogen-bond donors (Lipinski definition) is 0. The quantitative estimate of drug-likeness (QED) is 0.658. The molecule has 4 heteroatoms. The molecule has 3 nitrogen and oxygen atoms in total. The first-order valence-electron chi connectivity index (χ1n) is 4.59. The summed E-state index contributed by atoms with van der Waals surface area (Å²) < 4.78 is 5.54. The molecule has 0 aromatic heterocycles. The van der Waals surface area contributed by atoms with Crippen molar-refractivity contribution in [2.24, 2.45) is 0 Å². The van der Waals surface area contributed by atoms with E-state index in [1.54, 1.807) is 0 Å². The molecule has 13 heavy (non-hydrogen) atoms. The maximum Gasteiger partial charge on any atom is 0.236 e. The normalized spacial score (nSPS) is 31.5. The van der Waals surface area contributed by atoms with E-state index in [4.69, 9.17) is 4.74 Å². The molecular formula is C9H16BrNO2. The summed E-state index contributed by atoms with van der Waals surface area (Å²) in [5.74, 6) is 0.155. The van der Waals surface area contributed by atoms with Gasteiger partial charge in [0.05, 0.1) is 17.0 Å². The van der Waals surface area contributed by atoms with Gasteiger partial charge in [-0.1, -0.05) is 15.9 Å². The highest BCUT2D eigenvalue weighted by Crippen LogP contribution is 2.13. The lowest BCUT2D eigenvalue weighted by Gasteiger charge is -2.35. The van der Waals surface area contributed by atoms with E-state index in [0.29, 0.717) is 13.1 Å². The molecule has 1 rings (SSSR count). The van der Waals surface area contributed by atoms with Crippen molar-refractivity contribution in [1.29, 1.82) is 0 Å². The van der Waals surface area contributed by atoms with Crippen molar-refractivity contribution in [2.45, 2.75) is 37.8 Å².